The van der Waals surface area contributed by atoms with Gasteiger partial charge in [0.15, 0.2) is 0 Å². The molecule has 24 heavy (non-hydrogen) atoms. The molecule has 0 bridgehead atoms. The molecular formula is C18H18ClN3O2. The number of benzene rings is 1. The summed E-state index contributed by atoms with van der Waals surface area (Å²) in [5.74, 6) is -1.07. The molecule has 2 heterocycles. The molecule has 6 heteroatoms. The lowest BCUT2D eigenvalue weighted by molar-refractivity contribution is -0.132. The number of carbonyl (C=O) groups excluding carboxylic acids is 2. The molecule has 1 fully saturated rings. The Kier molecular flexibility index (Phi) is 4.81. The predicted octanol–water partition coefficient (Wildman–Crippen LogP) is 2.71. The van der Waals surface area contributed by atoms with Crippen LogP contribution in [-0.4, -0.2) is 23.3 Å². The van der Waals surface area contributed by atoms with Crippen molar-refractivity contribution in [3.8, 4) is 0 Å². The van der Waals surface area contributed by atoms with Crippen LogP contribution in [0.3, 0.4) is 0 Å². The fourth-order valence-electron chi connectivity index (χ4n) is 2.85. The van der Waals surface area contributed by atoms with E-state index in [1.165, 1.54) is 0 Å². The quantitative estimate of drug-likeness (QED) is 0.868. The van der Waals surface area contributed by atoms with Crippen molar-refractivity contribution in [2.24, 2.45) is 5.92 Å². The Morgan fingerprint density at radius 3 is 3.00 bits per heavy atom. The standard InChI is InChI=1S/C18H18ClN3O2/c1-12-4-5-14(19)9-16(12)22-8-6-15(18(22)24)17(23)21-11-13-3-2-7-20-10-13/h2-5,7,9-10,15H,6,8,11H2,1H3,(H,21,23)/t15-/m1/s1. The lowest BCUT2D eigenvalue weighted by Crippen LogP contribution is -2.36. The van der Waals surface area contributed by atoms with E-state index in [1.54, 1.807) is 29.4 Å². The zero-order valence-electron chi connectivity index (χ0n) is 13.3. The Hall–Kier alpha value is -2.40. The van der Waals surface area contributed by atoms with E-state index in [-0.39, 0.29) is 11.8 Å². The lowest BCUT2D eigenvalue weighted by Gasteiger charge is -2.19. The number of nitrogens with one attached hydrogen (secondary N) is 1. The second-order valence-corrected chi connectivity index (χ2v) is 6.28. The van der Waals surface area contributed by atoms with Gasteiger partial charge in [0, 0.05) is 36.2 Å². The van der Waals surface area contributed by atoms with E-state index in [0.29, 0.717) is 24.5 Å². The van der Waals surface area contributed by atoms with E-state index >= 15 is 0 Å². The van der Waals surface area contributed by atoms with E-state index < -0.39 is 5.92 Å². The van der Waals surface area contributed by atoms with Gasteiger partial charge in [0.05, 0.1) is 0 Å². The monoisotopic (exact) mass is 343 g/mol. The number of hydrogen-bond donors (Lipinski definition) is 1. The molecule has 0 saturated carbocycles. The number of amides is 2. The van der Waals surface area contributed by atoms with Gasteiger partial charge in [-0.3, -0.25) is 14.6 Å². The van der Waals surface area contributed by atoms with Crippen LogP contribution in [0.2, 0.25) is 5.02 Å². The average molecular weight is 344 g/mol. The topological polar surface area (TPSA) is 62.3 Å². The van der Waals surface area contributed by atoms with E-state index in [2.05, 4.69) is 10.3 Å². The van der Waals surface area contributed by atoms with Gasteiger partial charge >= 0.3 is 0 Å². The summed E-state index contributed by atoms with van der Waals surface area (Å²) in [7, 11) is 0. The number of anilines is 1. The van der Waals surface area contributed by atoms with E-state index in [0.717, 1.165) is 16.8 Å². The number of hydrogen-bond acceptors (Lipinski definition) is 3. The van der Waals surface area contributed by atoms with Crippen molar-refractivity contribution < 1.29 is 9.59 Å². The fraction of sp³-hybridized carbons (Fsp3) is 0.278. The molecule has 0 aliphatic carbocycles. The van der Waals surface area contributed by atoms with E-state index in [4.69, 9.17) is 11.6 Å². The number of carbonyl (C=O) groups is 2. The number of nitrogens with zero attached hydrogens (tertiary/aromatic N) is 2. The maximum Gasteiger partial charge on any atom is 0.239 e. The van der Waals surface area contributed by atoms with E-state index in [1.807, 2.05) is 25.1 Å². The Labute approximate surface area is 145 Å². The van der Waals surface area contributed by atoms with Crippen LogP contribution >= 0.6 is 11.6 Å². The summed E-state index contributed by atoms with van der Waals surface area (Å²) in [6.45, 7) is 2.81. The van der Waals surface area contributed by atoms with Gasteiger partial charge in [0.25, 0.3) is 0 Å². The highest BCUT2D eigenvalue weighted by Crippen LogP contribution is 2.30. The predicted molar refractivity (Wildman–Crippen MR) is 92.7 cm³/mol. The molecule has 1 aliphatic rings. The minimum absolute atomic E-state index is 0.177. The molecule has 1 aromatic heterocycles. The van der Waals surface area contributed by atoms with Crippen LogP contribution in [0.4, 0.5) is 5.69 Å². The molecule has 1 aliphatic heterocycles. The van der Waals surface area contributed by atoms with Crippen molar-refractivity contribution in [2.45, 2.75) is 19.9 Å². The first-order chi connectivity index (χ1) is 11.6. The molecule has 1 atom stereocenters. The van der Waals surface area contributed by atoms with Crippen LogP contribution < -0.4 is 10.2 Å². The lowest BCUT2D eigenvalue weighted by atomic mass is 10.1. The van der Waals surface area contributed by atoms with Crippen molar-refractivity contribution in [3.63, 3.8) is 0 Å². The third-order valence-corrected chi connectivity index (χ3v) is 4.41. The minimum Gasteiger partial charge on any atom is -0.351 e. The highest BCUT2D eigenvalue weighted by molar-refractivity contribution is 6.31. The molecule has 124 valence electrons. The average Bonchev–Trinajstić information content (AvgIpc) is 2.97. The van der Waals surface area contributed by atoms with Gasteiger partial charge in [-0.2, -0.15) is 0 Å². The number of pyridine rings is 1. The van der Waals surface area contributed by atoms with Crippen LogP contribution in [-0.2, 0) is 16.1 Å². The Morgan fingerprint density at radius 2 is 2.25 bits per heavy atom. The zero-order chi connectivity index (χ0) is 17.1. The van der Waals surface area contributed by atoms with Gasteiger partial charge in [0.2, 0.25) is 11.8 Å². The maximum absolute atomic E-state index is 12.6. The van der Waals surface area contributed by atoms with Gasteiger partial charge in [0.1, 0.15) is 5.92 Å². The smallest absolute Gasteiger partial charge is 0.239 e. The second-order valence-electron chi connectivity index (χ2n) is 5.84. The van der Waals surface area contributed by atoms with Crippen LogP contribution in [0, 0.1) is 12.8 Å². The maximum atomic E-state index is 12.6. The van der Waals surface area contributed by atoms with Crippen molar-refractivity contribution in [2.75, 3.05) is 11.4 Å². The summed E-state index contributed by atoms with van der Waals surface area (Å²) >= 11 is 6.04. The Bertz CT molecular complexity index is 764. The minimum atomic E-state index is -0.653. The van der Waals surface area contributed by atoms with Gasteiger partial charge in [-0.15, -0.1) is 0 Å². The molecule has 2 aromatic rings. The molecule has 0 radical (unpaired) electrons. The summed E-state index contributed by atoms with van der Waals surface area (Å²) in [6, 6.07) is 9.13. The summed E-state index contributed by atoms with van der Waals surface area (Å²) in [4.78, 5) is 30.6. The first-order valence-electron chi connectivity index (χ1n) is 7.80. The van der Waals surface area contributed by atoms with Crippen molar-refractivity contribution in [1.82, 2.24) is 10.3 Å². The molecule has 1 saturated heterocycles. The van der Waals surface area contributed by atoms with E-state index in [9.17, 15) is 9.59 Å². The number of aryl methyl sites for hydroxylation is 1. The Balaban J connectivity index is 1.67. The molecule has 0 spiro atoms. The van der Waals surface area contributed by atoms with Crippen LogP contribution in [0.25, 0.3) is 0 Å². The van der Waals surface area contributed by atoms with Crippen LogP contribution in [0.5, 0.6) is 0 Å². The van der Waals surface area contributed by atoms with Crippen molar-refractivity contribution in [1.29, 1.82) is 0 Å². The highest BCUT2D eigenvalue weighted by atomic mass is 35.5. The molecular weight excluding hydrogens is 326 g/mol. The number of rotatable bonds is 4. The Morgan fingerprint density at radius 1 is 1.42 bits per heavy atom. The summed E-state index contributed by atoms with van der Waals surface area (Å²) in [5, 5.41) is 3.39. The number of aromatic nitrogens is 1. The fourth-order valence-corrected chi connectivity index (χ4v) is 3.02. The second kappa shape index (κ2) is 7.01. The van der Waals surface area contributed by atoms with Gasteiger partial charge in [-0.25, -0.2) is 0 Å². The van der Waals surface area contributed by atoms with Gasteiger partial charge < -0.3 is 10.2 Å². The number of halogens is 1. The largest absolute Gasteiger partial charge is 0.351 e. The van der Waals surface area contributed by atoms with Gasteiger partial charge in [-0.05, 0) is 42.7 Å². The third-order valence-electron chi connectivity index (χ3n) is 4.17. The molecule has 5 nitrogen and oxygen atoms in total. The summed E-state index contributed by atoms with van der Waals surface area (Å²) in [5.41, 5.74) is 2.64. The van der Waals surface area contributed by atoms with Crippen molar-refractivity contribution in [3.05, 3.63) is 58.9 Å². The van der Waals surface area contributed by atoms with Crippen LogP contribution in [0.15, 0.2) is 42.7 Å². The normalized spacial score (nSPS) is 17.2. The molecule has 1 aromatic carbocycles. The molecule has 0 unspecified atom stereocenters. The van der Waals surface area contributed by atoms with Crippen LogP contribution in [0.1, 0.15) is 17.5 Å². The van der Waals surface area contributed by atoms with Crippen molar-refractivity contribution >= 4 is 29.1 Å². The molecule has 1 N–H and O–H groups in total. The third kappa shape index (κ3) is 3.41. The highest BCUT2D eigenvalue weighted by Gasteiger charge is 2.37. The first kappa shape index (κ1) is 16.5. The summed E-state index contributed by atoms with van der Waals surface area (Å²) < 4.78 is 0. The van der Waals surface area contributed by atoms with Gasteiger partial charge in [-0.1, -0.05) is 23.7 Å². The molecule has 2 amide bonds. The first-order valence-corrected chi connectivity index (χ1v) is 8.18. The summed E-state index contributed by atoms with van der Waals surface area (Å²) in [6.07, 6.45) is 3.87. The SMILES string of the molecule is Cc1ccc(Cl)cc1N1CC[C@H](C(=O)NCc2cccnc2)C1=O. The molecule has 3 rings (SSSR count). The zero-order valence-corrected chi connectivity index (χ0v) is 14.1.